The molecule has 23 heavy (non-hydrogen) atoms. The molecule has 0 unspecified atom stereocenters. The Balaban J connectivity index is 1.98. The Morgan fingerprint density at radius 1 is 1.04 bits per heavy atom. The number of benzene rings is 2. The topological polar surface area (TPSA) is 67.4 Å². The number of carbonyl (C=O) groups is 2. The molecule has 0 heterocycles. The van der Waals surface area contributed by atoms with E-state index in [0.717, 1.165) is 5.56 Å². The maximum absolute atomic E-state index is 13.4. The van der Waals surface area contributed by atoms with Crippen LogP contribution in [0.1, 0.15) is 12.0 Å². The zero-order chi connectivity index (χ0) is 16.8. The van der Waals surface area contributed by atoms with Gasteiger partial charge in [0.25, 0.3) is 0 Å². The summed E-state index contributed by atoms with van der Waals surface area (Å²) in [4.78, 5) is 23.8. The molecular weight excluding hydrogens is 299 g/mol. The summed E-state index contributed by atoms with van der Waals surface area (Å²) in [5, 5.41) is 4.98. The van der Waals surface area contributed by atoms with Gasteiger partial charge in [0, 0.05) is 0 Å². The summed E-state index contributed by atoms with van der Waals surface area (Å²) in [7, 11) is 1.49. The second-order valence-electron chi connectivity index (χ2n) is 4.96. The van der Waals surface area contributed by atoms with Crippen molar-refractivity contribution in [2.75, 3.05) is 17.7 Å². The van der Waals surface area contributed by atoms with Crippen LogP contribution >= 0.6 is 0 Å². The van der Waals surface area contributed by atoms with Crippen molar-refractivity contribution in [3.8, 4) is 5.75 Å². The standard InChI is InChI=1S/C17H17FN2O3/c1-11-7-8-15(23-2)14(9-11)20-17(22)10-16(21)19-13-6-4-3-5-12(13)18/h3-9H,10H2,1-2H3,(H,19,21)(H,20,22). The fourth-order valence-corrected chi connectivity index (χ4v) is 2.02. The second kappa shape index (κ2) is 7.40. The van der Waals surface area contributed by atoms with E-state index < -0.39 is 24.1 Å². The first-order valence-corrected chi connectivity index (χ1v) is 6.98. The molecule has 0 bridgehead atoms. The Labute approximate surface area is 133 Å². The fraction of sp³-hybridized carbons (Fsp3) is 0.176. The van der Waals surface area contributed by atoms with Crippen LogP contribution in [0.5, 0.6) is 5.75 Å². The highest BCUT2D eigenvalue weighted by Crippen LogP contribution is 2.25. The summed E-state index contributed by atoms with van der Waals surface area (Å²) in [5.74, 6) is -1.16. The largest absolute Gasteiger partial charge is 0.495 e. The van der Waals surface area contributed by atoms with Gasteiger partial charge in [0.1, 0.15) is 18.0 Å². The maximum Gasteiger partial charge on any atom is 0.233 e. The Bertz CT molecular complexity index is 732. The summed E-state index contributed by atoms with van der Waals surface area (Å²) in [6.45, 7) is 1.87. The van der Waals surface area contributed by atoms with Gasteiger partial charge >= 0.3 is 0 Å². The van der Waals surface area contributed by atoms with Crippen molar-refractivity contribution in [1.82, 2.24) is 0 Å². The van der Waals surface area contributed by atoms with E-state index in [1.165, 1.54) is 25.3 Å². The van der Waals surface area contributed by atoms with Crippen LogP contribution in [0.15, 0.2) is 42.5 Å². The van der Waals surface area contributed by atoms with Gasteiger partial charge < -0.3 is 15.4 Å². The van der Waals surface area contributed by atoms with E-state index >= 15 is 0 Å². The summed E-state index contributed by atoms with van der Waals surface area (Å²) in [5.41, 5.74) is 1.46. The van der Waals surface area contributed by atoms with E-state index in [4.69, 9.17) is 4.74 Å². The third-order valence-corrected chi connectivity index (χ3v) is 3.10. The quantitative estimate of drug-likeness (QED) is 0.833. The lowest BCUT2D eigenvalue weighted by Crippen LogP contribution is -2.22. The number of aryl methyl sites for hydroxylation is 1. The van der Waals surface area contributed by atoms with Crippen LogP contribution in [0.4, 0.5) is 15.8 Å². The molecule has 2 amide bonds. The molecule has 0 fully saturated rings. The Morgan fingerprint density at radius 3 is 2.35 bits per heavy atom. The molecule has 0 saturated carbocycles. The molecule has 0 saturated heterocycles. The molecule has 0 aliphatic heterocycles. The number of amides is 2. The van der Waals surface area contributed by atoms with E-state index in [1.807, 2.05) is 13.0 Å². The first-order valence-electron chi connectivity index (χ1n) is 6.98. The van der Waals surface area contributed by atoms with Gasteiger partial charge in [0.15, 0.2) is 0 Å². The van der Waals surface area contributed by atoms with Crippen molar-refractivity contribution >= 4 is 23.2 Å². The Morgan fingerprint density at radius 2 is 1.70 bits per heavy atom. The normalized spacial score (nSPS) is 10.0. The Kier molecular flexibility index (Phi) is 5.30. The monoisotopic (exact) mass is 316 g/mol. The van der Waals surface area contributed by atoms with Gasteiger partial charge in [-0.05, 0) is 36.8 Å². The number of nitrogens with one attached hydrogen (secondary N) is 2. The molecule has 2 N–H and O–H groups in total. The molecule has 2 aromatic rings. The van der Waals surface area contributed by atoms with Crippen LogP contribution in [0.25, 0.3) is 0 Å². The molecule has 6 heteroatoms. The zero-order valence-corrected chi connectivity index (χ0v) is 12.9. The third kappa shape index (κ3) is 4.54. The fourth-order valence-electron chi connectivity index (χ4n) is 2.02. The van der Waals surface area contributed by atoms with Crippen molar-refractivity contribution in [1.29, 1.82) is 0 Å². The van der Waals surface area contributed by atoms with Gasteiger partial charge in [-0.25, -0.2) is 4.39 Å². The average Bonchev–Trinajstić information content (AvgIpc) is 2.49. The van der Waals surface area contributed by atoms with Gasteiger partial charge in [-0.1, -0.05) is 18.2 Å². The predicted molar refractivity (Wildman–Crippen MR) is 86.0 cm³/mol. The van der Waals surface area contributed by atoms with Crippen molar-refractivity contribution in [2.24, 2.45) is 0 Å². The third-order valence-electron chi connectivity index (χ3n) is 3.10. The van der Waals surface area contributed by atoms with Gasteiger partial charge in [-0.2, -0.15) is 0 Å². The lowest BCUT2D eigenvalue weighted by molar-refractivity contribution is -0.123. The van der Waals surface area contributed by atoms with Crippen LogP contribution in [0.2, 0.25) is 0 Å². The molecule has 2 rings (SSSR count). The molecule has 0 aliphatic rings. The number of halogens is 1. The van der Waals surface area contributed by atoms with Crippen molar-refractivity contribution in [3.63, 3.8) is 0 Å². The number of ether oxygens (including phenoxy) is 1. The number of anilines is 2. The van der Waals surface area contributed by atoms with Gasteiger partial charge in [-0.15, -0.1) is 0 Å². The molecule has 0 spiro atoms. The summed E-state index contributed by atoms with van der Waals surface area (Å²) in [6.07, 6.45) is -0.425. The second-order valence-corrected chi connectivity index (χ2v) is 4.96. The predicted octanol–water partition coefficient (Wildman–Crippen LogP) is 3.11. The first-order chi connectivity index (χ1) is 11.0. The zero-order valence-electron chi connectivity index (χ0n) is 12.9. The molecule has 0 radical (unpaired) electrons. The molecular formula is C17H17FN2O3. The minimum atomic E-state index is -0.598. The summed E-state index contributed by atoms with van der Waals surface area (Å²) < 4.78 is 18.6. The van der Waals surface area contributed by atoms with Crippen LogP contribution in [0, 0.1) is 12.7 Å². The minimum absolute atomic E-state index is 0.0402. The van der Waals surface area contributed by atoms with E-state index in [-0.39, 0.29) is 5.69 Å². The molecule has 0 aromatic heterocycles. The smallest absolute Gasteiger partial charge is 0.233 e. The van der Waals surface area contributed by atoms with Crippen LogP contribution in [-0.2, 0) is 9.59 Å². The number of methoxy groups -OCH3 is 1. The number of carbonyl (C=O) groups excluding carboxylic acids is 2. The highest BCUT2D eigenvalue weighted by molar-refractivity contribution is 6.08. The molecule has 2 aromatic carbocycles. The molecule has 120 valence electrons. The van der Waals surface area contributed by atoms with Crippen LogP contribution < -0.4 is 15.4 Å². The van der Waals surface area contributed by atoms with Crippen molar-refractivity contribution in [3.05, 3.63) is 53.8 Å². The lowest BCUT2D eigenvalue weighted by atomic mass is 10.2. The summed E-state index contributed by atoms with van der Waals surface area (Å²) >= 11 is 0. The summed E-state index contributed by atoms with van der Waals surface area (Å²) in [6, 6.07) is 11.1. The van der Waals surface area contributed by atoms with Crippen molar-refractivity contribution in [2.45, 2.75) is 13.3 Å². The van der Waals surface area contributed by atoms with Crippen LogP contribution in [0.3, 0.4) is 0 Å². The number of hydrogen-bond acceptors (Lipinski definition) is 3. The van der Waals surface area contributed by atoms with Gasteiger partial charge in [0.2, 0.25) is 11.8 Å². The molecule has 5 nitrogen and oxygen atoms in total. The highest BCUT2D eigenvalue weighted by Gasteiger charge is 2.13. The van der Waals surface area contributed by atoms with E-state index in [9.17, 15) is 14.0 Å². The number of rotatable bonds is 5. The van der Waals surface area contributed by atoms with Gasteiger partial charge in [-0.3, -0.25) is 9.59 Å². The van der Waals surface area contributed by atoms with Crippen molar-refractivity contribution < 1.29 is 18.7 Å². The van der Waals surface area contributed by atoms with E-state index in [1.54, 1.807) is 18.2 Å². The number of hydrogen-bond donors (Lipinski definition) is 2. The molecule has 0 aliphatic carbocycles. The van der Waals surface area contributed by atoms with Gasteiger partial charge in [0.05, 0.1) is 18.5 Å². The van der Waals surface area contributed by atoms with E-state index in [0.29, 0.717) is 11.4 Å². The van der Waals surface area contributed by atoms with Crippen LogP contribution in [-0.4, -0.2) is 18.9 Å². The average molecular weight is 316 g/mol. The first kappa shape index (κ1) is 16.5. The van der Waals surface area contributed by atoms with E-state index in [2.05, 4.69) is 10.6 Å². The SMILES string of the molecule is COc1ccc(C)cc1NC(=O)CC(=O)Nc1ccccc1F. The lowest BCUT2D eigenvalue weighted by Gasteiger charge is -2.11. The number of para-hydroxylation sites is 1. The highest BCUT2D eigenvalue weighted by atomic mass is 19.1. The Hall–Kier alpha value is -2.89. The molecule has 0 atom stereocenters. The minimum Gasteiger partial charge on any atom is -0.495 e. The maximum atomic E-state index is 13.4.